The van der Waals surface area contributed by atoms with E-state index < -0.39 is 0 Å². The van der Waals surface area contributed by atoms with Gasteiger partial charge in [-0.2, -0.15) is 0 Å². The zero-order valence-electron chi connectivity index (χ0n) is 34.2. The predicted molar refractivity (Wildman–Crippen MR) is 262 cm³/mol. The topological polar surface area (TPSA) is 43.6 Å². The lowest BCUT2D eigenvalue weighted by molar-refractivity contribution is 1.18. The molecule has 9 aromatic carbocycles. The van der Waals surface area contributed by atoms with Gasteiger partial charge in [-0.3, -0.25) is 0 Å². The van der Waals surface area contributed by atoms with E-state index in [1.807, 2.05) is 24.3 Å². The normalized spacial score (nSPS) is 11.5. The van der Waals surface area contributed by atoms with Crippen LogP contribution in [0.3, 0.4) is 0 Å². The highest BCUT2D eigenvalue weighted by Gasteiger charge is 2.21. The van der Waals surface area contributed by atoms with Crippen LogP contribution in [0.25, 0.3) is 117 Å². The summed E-state index contributed by atoms with van der Waals surface area (Å²) in [5, 5.41) is 5.87. The fourth-order valence-electron chi connectivity index (χ4n) is 9.16. The first-order valence-electron chi connectivity index (χ1n) is 21.4. The molecule has 0 N–H and O–H groups in total. The monoisotopic (exact) mass is 802 g/mol. The molecule has 0 aliphatic heterocycles. The van der Waals surface area contributed by atoms with Crippen LogP contribution in [0, 0.1) is 0 Å². The highest BCUT2D eigenvalue weighted by atomic mass is 15.0. The molecule has 0 spiro atoms. The summed E-state index contributed by atoms with van der Waals surface area (Å²) in [6, 6.07) is 81.5. The maximum absolute atomic E-state index is 5.27. The van der Waals surface area contributed by atoms with Crippen LogP contribution in [0.1, 0.15) is 0 Å². The van der Waals surface area contributed by atoms with E-state index in [-0.39, 0.29) is 0 Å². The minimum absolute atomic E-state index is 0.694. The summed E-state index contributed by atoms with van der Waals surface area (Å²) >= 11 is 0. The Labute approximate surface area is 365 Å². The van der Waals surface area contributed by atoms with Gasteiger partial charge in [-0.1, -0.05) is 194 Å². The lowest BCUT2D eigenvalue weighted by Crippen LogP contribution is -1.97. The van der Waals surface area contributed by atoms with Crippen LogP contribution < -0.4 is 0 Å². The molecular weight excluding hydrogens is 765 g/mol. The molecule has 3 heterocycles. The zero-order chi connectivity index (χ0) is 41.7. The second-order valence-corrected chi connectivity index (χ2v) is 16.0. The Kier molecular flexibility index (Phi) is 8.79. The lowest BCUT2D eigenvalue weighted by Gasteiger charge is -2.14. The van der Waals surface area contributed by atoms with Crippen LogP contribution >= 0.6 is 0 Å². The summed E-state index contributed by atoms with van der Waals surface area (Å²) in [6.45, 7) is 0. The summed E-state index contributed by atoms with van der Waals surface area (Å²) in [6.07, 6.45) is 0. The highest BCUT2D eigenvalue weighted by Crippen LogP contribution is 2.43. The Bertz CT molecular complexity index is 3640. The second-order valence-electron chi connectivity index (χ2n) is 16.0. The third kappa shape index (κ3) is 6.44. The molecule has 0 atom stereocenters. The van der Waals surface area contributed by atoms with Gasteiger partial charge in [-0.05, 0) is 58.7 Å². The molecule has 0 bridgehead atoms. The van der Waals surface area contributed by atoms with Crippen molar-refractivity contribution in [2.24, 2.45) is 0 Å². The molecular formula is C59H38N4. The van der Waals surface area contributed by atoms with E-state index in [1.54, 1.807) is 0 Å². The first-order chi connectivity index (χ1) is 31.2. The highest BCUT2D eigenvalue weighted by molar-refractivity contribution is 6.27. The number of benzene rings is 9. The quantitative estimate of drug-likeness (QED) is 0.151. The molecule has 12 rings (SSSR count). The standard InChI is InChI=1S/C59H38N4/c1-5-16-39(17-6-1)40-28-30-41(31-29-40)53-38-54(62-59(61-53)43-20-9-3-10-21-43)46-23-15-22-44(36-46)45-32-33-48-49-34-35-51-56(58(49)63(55(48)37-45)47-24-11-4-12-25-47)50-26-13-14-27-52(50)60-57(51)42-18-7-2-8-19-42/h1-38H. The van der Waals surface area contributed by atoms with Gasteiger partial charge in [0.1, 0.15) is 0 Å². The molecule has 4 nitrogen and oxygen atoms in total. The fourth-order valence-corrected chi connectivity index (χ4v) is 9.16. The number of hydrogen-bond acceptors (Lipinski definition) is 3. The van der Waals surface area contributed by atoms with E-state index in [4.69, 9.17) is 15.0 Å². The summed E-state index contributed by atoms with van der Waals surface area (Å²) in [5.74, 6) is 0.694. The summed E-state index contributed by atoms with van der Waals surface area (Å²) in [5.41, 5.74) is 15.9. The minimum Gasteiger partial charge on any atom is -0.309 e. The zero-order valence-corrected chi connectivity index (χ0v) is 34.2. The number of aromatic nitrogens is 4. The van der Waals surface area contributed by atoms with Crippen LogP contribution in [0.5, 0.6) is 0 Å². The number of pyridine rings is 1. The average molecular weight is 803 g/mol. The van der Waals surface area contributed by atoms with E-state index in [0.717, 1.165) is 78.0 Å². The number of hydrogen-bond donors (Lipinski definition) is 0. The van der Waals surface area contributed by atoms with Gasteiger partial charge in [0.2, 0.25) is 0 Å². The molecule has 0 aliphatic rings. The van der Waals surface area contributed by atoms with Gasteiger partial charge in [0, 0.05) is 54.9 Å². The van der Waals surface area contributed by atoms with Gasteiger partial charge in [-0.15, -0.1) is 0 Å². The fraction of sp³-hybridized carbons (Fsp3) is 0. The number of para-hydroxylation sites is 2. The first kappa shape index (κ1) is 36.4. The number of nitrogens with zero attached hydrogens (tertiary/aromatic N) is 4. The van der Waals surface area contributed by atoms with Crippen LogP contribution in [0.4, 0.5) is 0 Å². The average Bonchev–Trinajstić information content (AvgIpc) is 3.71. The third-order valence-electron chi connectivity index (χ3n) is 12.2. The molecule has 3 aromatic heterocycles. The molecule has 4 heteroatoms. The van der Waals surface area contributed by atoms with Crippen LogP contribution in [-0.2, 0) is 0 Å². The maximum atomic E-state index is 5.27. The van der Waals surface area contributed by atoms with E-state index in [2.05, 4.69) is 211 Å². The van der Waals surface area contributed by atoms with Crippen molar-refractivity contribution in [3.63, 3.8) is 0 Å². The van der Waals surface area contributed by atoms with Gasteiger partial charge >= 0.3 is 0 Å². The molecule has 0 amide bonds. The Morgan fingerprint density at radius 1 is 0.302 bits per heavy atom. The van der Waals surface area contributed by atoms with Gasteiger partial charge in [0.15, 0.2) is 5.82 Å². The molecule has 0 fully saturated rings. The predicted octanol–water partition coefficient (Wildman–Crippen LogP) is 15.3. The van der Waals surface area contributed by atoms with E-state index in [0.29, 0.717) is 5.82 Å². The Morgan fingerprint density at radius 2 is 0.825 bits per heavy atom. The van der Waals surface area contributed by atoms with E-state index >= 15 is 0 Å². The van der Waals surface area contributed by atoms with Crippen molar-refractivity contribution in [3.8, 4) is 73.1 Å². The maximum Gasteiger partial charge on any atom is 0.160 e. The van der Waals surface area contributed by atoms with Gasteiger partial charge in [-0.25, -0.2) is 15.0 Å². The van der Waals surface area contributed by atoms with Crippen LogP contribution in [0.2, 0.25) is 0 Å². The van der Waals surface area contributed by atoms with Crippen LogP contribution in [0.15, 0.2) is 231 Å². The SMILES string of the molecule is c1ccc(-c2ccc(-c3cc(-c4cccc(-c5ccc6c7ccc8c(-c9ccccc9)nc9ccccc9c8c7n(-c7ccccc7)c6c5)c4)nc(-c4ccccc4)n3)cc2)cc1. The Balaban J connectivity index is 1.03. The van der Waals surface area contributed by atoms with Gasteiger partial charge in [0.25, 0.3) is 0 Å². The van der Waals surface area contributed by atoms with Crippen molar-refractivity contribution in [1.29, 1.82) is 0 Å². The van der Waals surface area contributed by atoms with Crippen molar-refractivity contribution in [1.82, 2.24) is 19.5 Å². The number of fused-ring (bicyclic) bond motifs is 7. The Morgan fingerprint density at radius 3 is 1.57 bits per heavy atom. The molecule has 0 saturated carbocycles. The lowest BCUT2D eigenvalue weighted by atomic mass is 9.97. The van der Waals surface area contributed by atoms with E-state index in [1.165, 1.54) is 32.8 Å². The largest absolute Gasteiger partial charge is 0.309 e. The summed E-state index contributed by atoms with van der Waals surface area (Å²) in [4.78, 5) is 15.6. The van der Waals surface area contributed by atoms with Crippen LogP contribution in [-0.4, -0.2) is 19.5 Å². The molecule has 0 radical (unpaired) electrons. The molecule has 0 saturated heterocycles. The second kappa shape index (κ2) is 15.2. The van der Waals surface area contributed by atoms with Crippen molar-refractivity contribution in [2.75, 3.05) is 0 Å². The van der Waals surface area contributed by atoms with Crippen molar-refractivity contribution >= 4 is 43.5 Å². The summed E-state index contributed by atoms with van der Waals surface area (Å²) < 4.78 is 2.45. The van der Waals surface area contributed by atoms with Gasteiger partial charge in [0.05, 0.1) is 33.6 Å². The summed E-state index contributed by atoms with van der Waals surface area (Å²) in [7, 11) is 0. The molecule has 294 valence electrons. The minimum atomic E-state index is 0.694. The van der Waals surface area contributed by atoms with Gasteiger partial charge < -0.3 is 4.57 Å². The molecule has 12 aromatic rings. The van der Waals surface area contributed by atoms with Crippen molar-refractivity contribution < 1.29 is 0 Å². The molecule has 63 heavy (non-hydrogen) atoms. The smallest absolute Gasteiger partial charge is 0.160 e. The van der Waals surface area contributed by atoms with E-state index in [9.17, 15) is 0 Å². The molecule has 0 unspecified atom stereocenters. The van der Waals surface area contributed by atoms with Crippen molar-refractivity contribution in [3.05, 3.63) is 231 Å². The first-order valence-corrected chi connectivity index (χ1v) is 21.4. The van der Waals surface area contributed by atoms with Crippen molar-refractivity contribution in [2.45, 2.75) is 0 Å². The third-order valence-corrected chi connectivity index (χ3v) is 12.2. The number of rotatable bonds is 7. The Hall–Kier alpha value is -8.47. The molecule has 0 aliphatic carbocycles.